The molecule has 5 rings (SSSR count). The summed E-state index contributed by atoms with van der Waals surface area (Å²) in [5, 5.41) is 0. The second kappa shape index (κ2) is 8.23. The number of fused-ring (bicyclic) bond motifs is 2. The molecule has 1 heterocycles. The van der Waals surface area contributed by atoms with E-state index in [1.165, 1.54) is 31.2 Å². The van der Waals surface area contributed by atoms with Gasteiger partial charge in [0.05, 0.1) is 19.8 Å². The van der Waals surface area contributed by atoms with Crippen molar-refractivity contribution >= 4 is 0 Å². The lowest BCUT2D eigenvalue weighted by atomic mass is 9.45. The number of quaternary nitrogens is 1. The molecule has 3 heteroatoms. The molecule has 3 aliphatic carbocycles. The van der Waals surface area contributed by atoms with Gasteiger partial charge in [-0.1, -0.05) is 44.2 Å². The zero-order valence-corrected chi connectivity index (χ0v) is 17.4. The predicted molar refractivity (Wildman–Crippen MR) is 109 cm³/mol. The van der Waals surface area contributed by atoms with Crippen LogP contribution in [0.1, 0.15) is 45.1 Å². The molecule has 1 aliphatic heterocycles. The lowest BCUT2D eigenvalue weighted by Crippen LogP contribution is -2.55. The van der Waals surface area contributed by atoms with Crippen LogP contribution in [0.2, 0.25) is 0 Å². The Hall–Kier alpha value is -0.900. The van der Waals surface area contributed by atoms with Crippen LogP contribution in [-0.2, 0) is 16.0 Å². The molecule has 1 saturated heterocycles. The van der Waals surface area contributed by atoms with Gasteiger partial charge in [0.25, 0.3) is 0 Å². The fourth-order valence-corrected chi connectivity index (χ4v) is 6.06. The van der Waals surface area contributed by atoms with Gasteiger partial charge in [-0.2, -0.15) is 0 Å². The molecule has 0 N–H and O–H groups in total. The van der Waals surface area contributed by atoms with E-state index in [9.17, 15) is 0 Å². The van der Waals surface area contributed by atoms with Crippen molar-refractivity contribution in [2.45, 2.75) is 46.1 Å². The highest BCUT2D eigenvalue weighted by Gasteiger charge is 2.53. The number of rotatable bonds is 8. The van der Waals surface area contributed by atoms with Crippen LogP contribution in [0.4, 0.5) is 0 Å². The molecular formula is C24H38NO2+. The number of ether oxygens (including phenoxy) is 2. The van der Waals surface area contributed by atoms with Crippen LogP contribution in [0, 0.1) is 23.2 Å². The normalized spacial score (nSPS) is 31.3. The van der Waals surface area contributed by atoms with Gasteiger partial charge in [0.15, 0.2) is 0 Å². The summed E-state index contributed by atoms with van der Waals surface area (Å²) < 4.78 is 12.9. The number of nitrogens with zero attached hydrogens (tertiary/aromatic N) is 1. The van der Waals surface area contributed by atoms with Crippen LogP contribution in [-0.4, -0.2) is 50.5 Å². The third-order valence-electron chi connectivity index (χ3n) is 8.12. The van der Waals surface area contributed by atoms with E-state index in [1.807, 2.05) is 0 Å². The van der Waals surface area contributed by atoms with Crippen molar-refractivity contribution in [1.82, 2.24) is 0 Å². The summed E-state index contributed by atoms with van der Waals surface area (Å²) >= 11 is 0. The van der Waals surface area contributed by atoms with Gasteiger partial charge in [-0.25, -0.2) is 0 Å². The van der Waals surface area contributed by atoms with E-state index in [0.29, 0.717) is 5.41 Å². The molecule has 3 nitrogen and oxygen atoms in total. The molecule has 1 aromatic rings. The van der Waals surface area contributed by atoms with Gasteiger partial charge >= 0.3 is 0 Å². The van der Waals surface area contributed by atoms with Crippen LogP contribution < -0.4 is 0 Å². The predicted octanol–water partition coefficient (Wildman–Crippen LogP) is 4.51. The lowest BCUT2D eigenvalue weighted by molar-refractivity contribution is -0.947. The maximum Gasteiger partial charge on any atom is 0.105 e. The monoisotopic (exact) mass is 372 g/mol. The molecule has 150 valence electrons. The van der Waals surface area contributed by atoms with E-state index < -0.39 is 0 Å². The van der Waals surface area contributed by atoms with E-state index in [2.05, 4.69) is 44.2 Å². The van der Waals surface area contributed by atoms with Gasteiger partial charge < -0.3 is 14.0 Å². The first-order valence-electron chi connectivity index (χ1n) is 11.1. The van der Waals surface area contributed by atoms with Gasteiger partial charge in [0, 0.05) is 12.2 Å². The molecule has 0 aromatic heterocycles. The van der Waals surface area contributed by atoms with E-state index >= 15 is 0 Å². The summed E-state index contributed by atoms with van der Waals surface area (Å²) in [4.78, 5) is 0. The second-order valence-corrected chi connectivity index (χ2v) is 9.87. The average Bonchev–Trinajstić information content (AvgIpc) is 2.69. The molecule has 4 aliphatic rings. The summed E-state index contributed by atoms with van der Waals surface area (Å²) in [6.07, 6.45) is 5.63. The Labute approximate surface area is 165 Å². The quantitative estimate of drug-likeness (QED) is 0.494. The highest BCUT2D eigenvalue weighted by Crippen LogP contribution is 2.61. The minimum atomic E-state index is 0.599. The van der Waals surface area contributed by atoms with Gasteiger partial charge in [0.2, 0.25) is 0 Å². The van der Waals surface area contributed by atoms with Gasteiger partial charge in [-0.05, 0) is 48.9 Å². The van der Waals surface area contributed by atoms with Crippen LogP contribution in [0.25, 0.3) is 0 Å². The molecule has 1 aromatic carbocycles. The van der Waals surface area contributed by atoms with E-state index in [0.717, 1.165) is 74.8 Å². The smallest absolute Gasteiger partial charge is 0.105 e. The third kappa shape index (κ3) is 4.26. The van der Waals surface area contributed by atoms with Crippen LogP contribution in [0.3, 0.4) is 0 Å². The van der Waals surface area contributed by atoms with Crippen molar-refractivity contribution in [3.05, 3.63) is 35.9 Å². The molecule has 4 fully saturated rings. The van der Waals surface area contributed by atoms with Crippen molar-refractivity contribution in [3.63, 3.8) is 0 Å². The fraction of sp³-hybridized carbons (Fsp3) is 0.750. The van der Waals surface area contributed by atoms with Crippen molar-refractivity contribution in [2.75, 3.05) is 46.1 Å². The Morgan fingerprint density at radius 3 is 2.56 bits per heavy atom. The lowest BCUT2D eigenvalue weighted by Gasteiger charge is -2.60. The summed E-state index contributed by atoms with van der Waals surface area (Å²) in [6, 6.07) is 10.9. The van der Waals surface area contributed by atoms with Gasteiger partial charge in [-0.3, -0.25) is 0 Å². The largest absolute Gasteiger partial charge is 0.376 e. The molecule has 27 heavy (non-hydrogen) atoms. The molecular weight excluding hydrogens is 334 g/mol. The first kappa shape index (κ1) is 19.4. The van der Waals surface area contributed by atoms with Crippen LogP contribution >= 0.6 is 0 Å². The molecule has 1 unspecified atom stereocenters. The van der Waals surface area contributed by atoms with E-state index in [1.54, 1.807) is 0 Å². The minimum absolute atomic E-state index is 0.599. The number of hydrogen-bond donors (Lipinski definition) is 0. The Balaban J connectivity index is 1.23. The SMILES string of the molecule is CC1(C)[C@H]2CCC(CCOCC[N+]3(Cc4ccccc4)CCOCC3)[C@@H]1C2. The summed E-state index contributed by atoms with van der Waals surface area (Å²) in [7, 11) is 0. The third-order valence-corrected chi connectivity index (χ3v) is 8.12. The number of hydrogen-bond acceptors (Lipinski definition) is 2. The van der Waals surface area contributed by atoms with Crippen LogP contribution in [0.5, 0.6) is 0 Å². The van der Waals surface area contributed by atoms with Gasteiger partial charge in [0.1, 0.15) is 26.2 Å². The molecule has 3 saturated carbocycles. The molecule has 0 amide bonds. The maximum atomic E-state index is 6.18. The second-order valence-electron chi connectivity index (χ2n) is 9.87. The highest BCUT2D eigenvalue weighted by molar-refractivity contribution is 5.13. The Morgan fingerprint density at radius 1 is 1.07 bits per heavy atom. The zero-order valence-electron chi connectivity index (χ0n) is 17.4. The fourth-order valence-electron chi connectivity index (χ4n) is 6.06. The molecule has 0 radical (unpaired) electrons. The van der Waals surface area contributed by atoms with E-state index in [-0.39, 0.29) is 0 Å². The van der Waals surface area contributed by atoms with Crippen molar-refractivity contribution in [1.29, 1.82) is 0 Å². The summed E-state index contributed by atoms with van der Waals surface area (Å²) in [6.45, 7) is 13.0. The van der Waals surface area contributed by atoms with Crippen molar-refractivity contribution < 1.29 is 14.0 Å². The zero-order chi connectivity index (χ0) is 18.7. The summed E-state index contributed by atoms with van der Waals surface area (Å²) in [5.41, 5.74) is 2.03. The van der Waals surface area contributed by atoms with Crippen molar-refractivity contribution in [3.8, 4) is 0 Å². The topological polar surface area (TPSA) is 18.5 Å². The highest BCUT2D eigenvalue weighted by atomic mass is 16.5. The molecule has 0 spiro atoms. The van der Waals surface area contributed by atoms with Crippen LogP contribution in [0.15, 0.2) is 30.3 Å². The number of benzene rings is 1. The molecule has 3 atom stereocenters. The maximum absolute atomic E-state index is 6.18. The van der Waals surface area contributed by atoms with Crippen molar-refractivity contribution in [2.24, 2.45) is 23.2 Å². The standard InChI is InChI=1S/C24H38NO2/c1-24(2)22-9-8-21(23(24)18-22)10-14-26-15-11-25(12-16-27-17-13-25)19-20-6-4-3-5-7-20/h3-7,21-23H,8-19H2,1-2H3/q+1/t21?,22-,23-/m0/s1. The average molecular weight is 373 g/mol. The minimum Gasteiger partial charge on any atom is -0.376 e. The first-order chi connectivity index (χ1) is 13.1. The Morgan fingerprint density at radius 2 is 1.85 bits per heavy atom. The Bertz CT molecular complexity index is 592. The molecule has 2 bridgehead atoms. The first-order valence-corrected chi connectivity index (χ1v) is 11.1. The van der Waals surface area contributed by atoms with Gasteiger partial charge in [-0.15, -0.1) is 0 Å². The number of morpholine rings is 1. The summed E-state index contributed by atoms with van der Waals surface area (Å²) in [5.74, 6) is 2.86. The van der Waals surface area contributed by atoms with E-state index in [4.69, 9.17) is 9.47 Å². The Kier molecular flexibility index (Phi) is 5.92.